The number of rotatable bonds is 4. The number of ether oxygens (including phenoxy) is 1. The van der Waals surface area contributed by atoms with Crippen molar-refractivity contribution in [3.8, 4) is 5.88 Å². The predicted molar refractivity (Wildman–Crippen MR) is 65.6 cm³/mol. The summed E-state index contributed by atoms with van der Waals surface area (Å²) in [7, 11) is 0. The van der Waals surface area contributed by atoms with Crippen LogP contribution < -0.4 is 4.74 Å². The molecule has 0 saturated heterocycles. The fourth-order valence-corrected chi connectivity index (χ4v) is 1.65. The van der Waals surface area contributed by atoms with Crippen LogP contribution in [0.15, 0.2) is 24.3 Å². The molecule has 0 amide bonds. The number of aromatic nitrogens is 1. The van der Waals surface area contributed by atoms with Crippen molar-refractivity contribution < 1.29 is 14.6 Å². The molecule has 2 N–H and O–H groups in total. The topological polar surface area (TPSA) is 62.3 Å². The number of aromatic amines is 1. The Kier molecular flexibility index (Phi) is 3.04. The van der Waals surface area contributed by atoms with Gasteiger partial charge in [0.2, 0.25) is 0 Å². The minimum absolute atomic E-state index is 0.290. The molecule has 0 radical (unpaired) electrons. The van der Waals surface area contributed by atoms with Gasteiger partial charge in [-0.3, -0.25) is 0 Å². The zero-order valence-corrected chi connectivity index (χ0v) is 9.86. The van der Waals surface area contributed by atoms with E-state index in [9.17, 15) is 4.79 Å². The van der Waals surface area contributed by atoms with E-state index in [4.69, 9.17) is 9.84 Å². The van der Waals surface area contributed by atoms with E-state index in [0.717, 1.165) is 5.52 Å². The highest BCUT2D eigenvalue weighted by molar-refractivity contribution is 6.03. The molecule has 0 aliphatic rings. The molecule has 17 heavy (non-hydrogen) atoms. The molecule has 1 aromatic carbocycles. The van der Waals surface area contributed by atoms with Crippen molar-refractivity contribution in [1.29, 1.82) is 0 Å². The second kappa shape index (κ2) is 4.49. The molecule has 0 aliphatic carbocycles. The van der Waals surface area contributed by atoms with Crippen molar-refractivity contribution in [3.05, 3.63) is 29.8 Å². The summed E-state index contributed by atoms with van der Waals surface area (Å²) in [6.45, 7) is 4.73. The number of fused-ring (bicyclic) bond motifs is 1. The van der Waals surface area contributed by atoms with Gasteiger partial charge in [0.05, 0.1) is 12.2 Å². The molecule has 2 rings (SSSR count). The molecule has 0 aliphatic heterocycles. The van der Waals surface area contributed by atoms with E-state index < -0.39 is 5.97 Å². The fourth-order valence-electron chi connectivity index (χ4n) is 1.65. The Bertz CT molecular complexity index is 543. The van der Waals surface area contributed by atoms with Gasteiger partial charge in [-0.25, -0.2) is 4.79 Å². The van der Waals surface area contributed by atoms with Gasteiger partial charge < -0.3 is 14.8 Å². The minimum atomic E-state index is -0.926. The number of benzene rings is 1. The molecule has 0 bridgehead atoms. The van der Waals surface area contributed by atoms with Crippen LogP contribution in [-0.4, -0.2) is 22.7 Å². The third-order valence-electron chi connectivity index (χ3n) is 2.44. The number of aromatic carboxylic acids is 1. The third-order valence-corrected chi connectivity index (χ3v) is 2.44. The van der Waals surface area contributed by atoms with Crippen LogP contribution in [-0.2, 0) is 0 Å². The summed E-state index contributed by atoms with van der Waals surface area (Å²) in [5.74, 6) is 0.118. The molecule has 90 valence electrons. The average Bonchev–Trinajstić information content (AvgIpc) is 2.68. The van der Waals surface area contributed by atoms with Gasteiger partial charge in [0.25, 0.3) is 0 Å². The summed E-state index contributed by atoms with van der Waals surface area (Å²) in [6, 6.07) is 6.88. The van der Waals surface area contributed by atoms with Gasteiger partial charge >= 0.3 is 5.97 Å². The second-order valence-electron chi connectivity index (χ2n) is 4.41. The SMILES string of the molecule is CC(C)COc1cc2c(C(=O)O)cccc2[nH]1. The molecular weight excluding hydrogens is 218 g/mol. The highest BCUT2D eigenvalue weighted by Crippen LogP contribution is 2.24. The first-order valence-electron chi connectivity index (χ1n) is 5.55. The molecule has 0 spiro atoms. The summed E-state index contributed by atoms with van der Waals surface area (Å²) in [5.41, 5.74) is 1.07. The van der Waals surface area contributed by atoms with E-state index >= 15 is 0 Å². The summed E-state index contributed by atoms with van der Waals surface area (Å²) in [4.78, 5) is 14.1. The molecule has 0 unspecified atom stereocenters. The van der Waals surface area contributed by atoms with Crippen LogP contribution in [0.5, 0.6) is 5.88 Å². The Balaban J connectivity index is 2.36. The zero-order valence-electron chi connectivity index (χ0n) is 9.86. The first kappa shape index (κ1) is 11.5. The van der Waals surface area contributed by atoms with Gasteiger partial charge in [-0.15, -0.1) is 0 Å². The lowest BCUT2D eigenvalue weighted by Crippen LogP contribution is -2.04. The first-order valence-corrected chi connectivity index (χ1v) is 5.55. The smallest absolute Gasteiger partial charge is 0.336 e. The Morgan fingerprint density at radius 2 is 2.24 bits per heavy atom. The minimum Gasteiger partial charge on any atom is -0.479 e. The van der Waals surface area contributed by atoms with Gasteiger partial charge in [0.1, 0.15) is 0 Å². The van der Waals surface area contributed by atoms with Gasteiger partial charge in [-0.05, 0) is 18.1 Å². The highest BCUT2D eigenvalue weighted by Gasteiger charge is 2.11. The standard InChI is InChI=1S/C13H15NO3/c1-8(2)7-17-12-6-10-9(13(15)16)4-3-5-11(10)14-12/h3-6,8,14H,7H2,1-2H3,(H,15,16). The van der Waals surface area contributed by atoms with Crippen LogP contribution >= 0.6 is 0 Å². The van der Waals surface area contributed by atoms with Crippen molar-refractivity contribution in [2.24, 2.45) is 5.92 Å². The molecule has 0 atom stereocenters. The van der Waals surface area contributed by atoms with Gasteiger partial charge in [0, 0.05) is 17.0 Å². The molecule has 0 saturated carbocycles. The van der Waals surface area contributed by atoms with Crippen LogP contribution in [0.1, 0.15) is 24.2 Å². The third kappa shape index (κ3) is 2.41. The molecular formula is C13H15NO3. The molecule has 1 aromatic heterocycles. The van der Waals surface area contributed by atoms with E-state index in [2.05, 4.69) is 18.8 Å². The Labute approximate surface area is 99.2 Å². The van der Waals surface area contributed by atoms with E-state index in [-0.39, 0.29) is 5.56 Å². The maximum absolute atomic E-state index is 11.0. The summed E-state index contributed by atoms with van der Waals surface area (Å²) in [6.07, 6.45) is 0. The molecule has 2 aromatic rings. The van der Waals surface area contributed by atoms with E-state index in [1.807, 2.05) is 6.07 Å². The number of carboxylic acid groups (broad SMARTS) is 1. The zero-order chi connectivity index (χ0) is 12.4. The lowest BCUT2D eigenvalue weighted by atomic mass is 10.1. The number of hydrogen-bond donors (Lipinski definition) is 2. The maximum Gasteiger partial charge on any atom is 0.336 e. The maximum atomic E-state index is 11.0. The predicted octanol–water partition coefficient (Wildman–Crippen LogP) is 2.90. The van der Waals surface area contributed by atoms with Crippen molar-refractivity contribution in [3.63, 3.8) is 0 Å². The van der Waals surface area contributed by atoms with Crippen LogP contribution in [0.25, 0.3) is 10.9 Å². The Hall–Kier alpha value is -1.97. The Morgan fingerprint density at radius 1 is 1.47 bits per heavy atom. The monoisotopic (exact) mass is 233 g/mol. The summed E-state index contributed by atoms with van der Waals surface area (Å²) < 4.78 is 5.54. The number of carbonyl (C=O) groups is 1. The van der Waals surface area contributed by atoms with Gasteiger partial charge in [-0.1, -0.05) is 19.9 Å². The molecule has 0 fully saturated rings. The first-order chi connectivity index (χ1) is 8.08. The summed E-state index contributed by atoms with van der Waals surface area (Å²) in [5, 5.41) is 9.73. The van der Waals surface area contributed by atoms with Crippen molar-refractivity contribution in [2.45, 2.75) is 13.8 Å². The fraction of sp³-hybridized carbons (Fsp3) is 0.308. The largest absolute Gasteiger partial charge is 0.479 e. The molecule has 1 heterocycles. The van der Waals surface area contributed by atoms with Gasteiger partial charge in [0.15, 0.2) is 5.88 Å². The normalized spacial score (nSPS) is 11.0. The number of nitrogens with one attached hydrogen (secondary N) is 1. The number of carboxylic acids is 1. The van der Waals surface area contributed by atoms with Crippen molar-refractivity contribution in [2.75, 3.05) is 6.61 Å². The number of hydrogen-bond acceptors (Lipinski definition) is 2. The number of H-pyrrole nitrogens is 1. The van der Waals surface area contributed by atoms with Gasteiger partial charge in [-0.2, -0.15) is 0 Å². The van der Waals surface area contributed by atoms with Crippen LogP contribution in [0.3, 0.4) is 0 Å². The van der Waals surface area contributed by atoms with E-state index in [1.165, 1.54) is 0 Å². The van der Waals surface area contributed by atoms with E-state index in [1.54, 1.807) is 18.2 Å². The van der Waals surface area contributed by atoms with Crippen LogP contribution in [0.2, 0.25) is 0 Å². The van der Waals surface area contributed by atoms with Crippen LogP contribution in [0, 0.1) is 5.92 Å². The quantitative estimate of drug-likeness (QED) is 0.853. The lowest BCUT2D eigenvalue weighted by molar-refractivity contribution is 0.0699. The highest BCUT2D eigenvalue weighted by atomic mass is 16.5. The van der Waals surface area contributed by atoms with Crippen molar-refractivity contribution >= 4 is 16.9 Å². The lowest BCUT2D eigenvalue weighted by Gasteiger charge is -2.05. The van der Waals surface area contributed by atoms with Crippen LogP contribution in [0.4, 0.5) is 0 Å². The summed E-state index contributed by atoms with van der Waals surface area (Å²) >= 11 is 0. The average molecular weight is 233 g/mol. The second-order valence-corrected chi connectivity index (χ2v) is 4.41. The van der Waals surface area contributed by atoms with Crippen molar-refractivity contribution in [1.82, 2.24) is 4.98 Å². The Morgan fingerprint density at radius 3 is 2.88 bits per heavy atom. The molecule has 4 nitrogen and oxygen atoms in total. The van der Waals surface area contributed by atoms with E-state index in [0.29, 0.717) is 23.8 Å². The molecule has 4 heteroatoms.